The van der Waals surface area contributed by atoms with Crippen molar-refractivity contribution in [1.29, 1.82) is 0 Å². The van der Waals surface area contributed by atoms with Crippen LogP contribution in [0.25, 0.3) is 0 Å². The van der Waals surface area contributed by atoms with Crippen LogP contribution < -0.4 is 9.47 Å². The van der Waals surface area contributed by atoms with E-state index in [1.165, 1.54) is 119 Å². The number of benzene rings is 2. The van der Waals surface area contributed by atoms with Crippen molar-refractivity contribution in [3.05, 3.63) is 57.6 Å². The minimum atomic E-state index is -0.505. The average Bonchev–Trinajstić information content (AvgIpc) is 3.33. The summed E-state index contributed by atoms with van der Waals surface area (Å²) in [6.07, 6.45) is 21.2. The second-order valence-electron chi connectivity index (χ2n) is 23.2. The van der Waals surface area contributed by atoms with Crippen molar-refractivity contribution < 1.29 is 28.6 Å². The van der Waals surface area contributed by atoms with Crippen LogP contribution in [-0.4, -0.2) is 85.1 Å². The van der Waals surface area contributed by atoms with E-state index in [0.717, 1.165) is 97.7 Å². The maximum atomic E-state index is 13.2. The Labute approximate surface area is 441 Å². The number of rotatable bonds is 33. The van der Waals surface area contributed by atoms with Crippen molar-refractivity contribution in [3.63, 3.8) is 0 Å². The van der Waals surface area contributed by atoms with Gasteiger partial charge < -0.3 is 24.0 Å². The fraction of sp³-hybridized carbons (Fsp3) is 0.754. The van der Waals surface area contributed by atoms with Crippen molar-refractivity contribution in [2.75, 3.05) is 57.4 Å². The summed E-state index contributed by atoms with van der Waals surface area (Å²) >= 11 is 0. The van der Waals surface area contributed by atoms with Gasteiger partial charge >= 0.3 is 17.9 Å². The predicted octanol–water partition coefficient (Wildman–Crippen LogP) is 15.3. The molecule has 2 fully saturated rings. The van der Waals surface area contributed by atoms with Gasteiger partial charge in [0.15, 0.2) is 0 Å². The number of nitrogens with zero attached hydrogens (tertiary/aromatic N) is 2. The minimum Gasteiger partial charge on any atom is -0.465 e. The number of ether oxygens (including phenoxy) is 3. The van der Waals surface area contributed by atoms with Gasteiger partial charge in [-0.15, -0.1) is 0 Å². The lowest BCUT2D eigenvalue weighted by Gasteiger charge is -2.32. The van der Waals surface area contributed by atoms with Crippen LogP contribution in [0, 0.1) is 62.7 Å². The molecule has 2 aromatic rings. The van der Waals surface area contributed by atoms with E-state index < -0.39 is 11.9 Å². The fourth-order valence-corrected chi connectivity index (χ4v) is 12.8. The second-order valence-corrected chi connectivity index (χ2v) is 25.9. The Balaban J connectivity index is 1.07. The van der Waals surface area contributed by atoms with Crippen molar-refractivity contribution in [3.8, 4) is 11.5 Å². The van der Waals surface area contributed by atoms with Crippen molar-refractivity contribution in [2.24, 2.45) is 35.0 Å². The summed E-state index contributed by atoms with van der Waals surface area (Å²) < 4.78 is 17.2. The normalized spacial score (nSPS) is 16.3. The molecule has 2 heterocycles. The standard InChI is InChI=1S/C61H100N2O6S2/c1-12-52-28-35-62(36-29-52)39-42-70-71-43-40-63-37-30-53(31-38-63)32-41-67-59(66)44-54-21-23-55(24-22-54)68-57(64)25-26-58(65)69-60-50(8)48(6)49(7)56(51(60)9)27-34-61(10,11)33-15-20-47(5)19-14-18-46(4)17-13-16-45(2)3/h21-24,45-47,52-53H,12-20,25-44H2,1-11H3. The lowest BCUT2D eigenvalue weighted by atomic mass is 9.79. The highest BCUT2D eigenvalue weighted by molar-refractivity contribution is 8.76. The molecule has 0 bridgehead atoms. The molecular formula is C61H100N2O6S2. The van der Waals surface area contributed by atoms with Gasteiger partial charge in [-0.1, -0.05) is 140 Å². The maximum absolute atomic E-state index is 13.2. The van der Waals surface area contributed by atoms with Crippen LogP contribution in [0.5, 0.6) is 11.5 Å². The molecule has 2 atom stereocenters. The number of hydrogen-bond donors (Lipinski definition) is 0. The summed E-state index contributed by atoms with van der Waals surface area (Å²) in [6, 6.07) is 6.93. The van der Waals surface area contributed by atoms with Gasteiger partial charge in [-0.05, 0) is 186 Å². The summed E-state index contributed by atoms with van der Waals surface area (Å²) in [7, 11) is 4.06. The molecular weight excluding hydrogens is 921 g/mol. The van der Waals surface area contributed by atoms with Gasteiger partial charge in [0, 0.05) is 24.6 Å². The minimum absolute atomic E-state index is 0.0804. The molecule has 8 nitrogen and oxygen atoms in total. The van der Waals surface area contributed by atoms with Crippen LogP contribution in [0.4, 0.5) is 0 Å². The van der Waals surface area contributed by atoms with Crippen LogP contribution in [0.1, 0.15) is 197 Å². The van der Waals surface area contributed by atoms with Gasteiger partial charge in [0.1, 0.15) is 11.5 Å². The summed E-state index contributed by atoms with van der Waals surface area (Å²) in [6.45, 7) is 32.7. The van der Waals surface area contributed by atoms with Crippen LogP contribution >= 0.6 is 21.6 Å². The first-order valence-corrected chi connectivity index (χ1v) is 30.9. The Kier molecular flexibility index (Phi) is 28.1. The molecule has 71 heavy (non-hydrogen) atoms. The van der Waals surface area contributed by atoms with E-state index in [1.54, 1.807) is 24.3 Å². The molecule has 0 N–H and O–H groups in total. The summed E-state index contributed by atoms with van der Waals surface area (Å²) in [5, 5.41) is 0. The van der Waals surface area contributed by atoms with Gasteiger partial charge in [0.05, 0.1) is 25.9 Å². The third kappa shape index (κ3) is 23.7. The van der Waals surface area contributed by atoms with Gasteiger partial charge in [-0.2, -0.15) is 0 Å². The molecule has 0 saturated carbocycles. The van der Waals surface area contributed by atoms with Gasteiger partial charge in [0.2, 0.25) is 0 Å². The molecule has 0 radical (unpaired) electrons. The van der Waals surface area contributed by atoms with Crippen molar-refractivity contribution in [1.82, 2.24) is 9.80 Å². The summed E-state index contributed by atoms with van der Waals surface area (Å²) in [4.78, 5) is 43.9. The third-order valence-electron chi connectivity index (χ3n) is 16.3. The lowest BCUT2D eigenvalue weighted by Crippen LogP contribution is -2.35. The van der Waals surface area contributed by atoms with Crippen LogP contribution in [0.15, 0.2) is 24.3 Å². The first kappa shape index (κ1) is 61.0. The SMILES string of the molecule is CCC1CCN(CCSSCCN2CCC(CCOC(=O)Cc3ccc(OC(=O)CCC(=O)Oc4c(C)c(C)c(C)c(CCC(C)(C)CCCC(C)CCCC(C)CCCC(C)C)c4C)cc3)CC2)CC1. The molecule has 2 saturated heterocycles. The quantitative estimate of drug-likeness (QED) is 0.0298. The zero-order chi connectivity index (χ0) is 51.8. The van der Waals surface area contributed by atoms with Crippen molar-refractivity contribution >= 4 is 39.5 Å². The molecule has 0 aliphatic carbocycles. The number of esters is 3. The maximum Gasteiger partial charge on any atom is 0.311 e. The molecule has 4 rings (SSSR count). The second kappa shape index (κ2) is 32.7. The number of carbonyl (C=O) groups excluding carboxylic acids is 3. The zero-order valence-corrected chi connectivity index (χ0v) is 48.5. The zero-order valence-electron chi connectivity index (χ0n) is 46.9. The van der Waals surface area contributed by atoms with Crippen molar-refractivity contribution in [2.45, 2.75) is 205 Å². The Morgan fingerprint density at radius 3 is 1.75 bits per heavy atom. The van der Waals surface area contributed by atoms with E-state index in [9.17, 15) is 14.4 Å². The predicted molar refractivity (Wildman–Crippen MR) is 302 cm³/mol. The molecule has 0 amide bonds. The van der Waals surface area contributed by atoms with E-state index in [-0.39, 0.29) is 30.6 Å². The van der Waals surface area contributed by atoms with E-state index in [4.69, 9.17) is 14.2 Å². The Morgan fingerprint density at radius 2 is 1.18 bits per heavy atom. The van der Waals surface area contributed by atoms with Gasteiger partial charge in [-0.25, -0.2) is 0 Å². The number of hydrogen-bond acceptors (Lipinski definition) is 10. The topological polar surface area (TPSA) is 85.4 Å². The summed E-state index contributed by atoms with van der Waals surface area (Å²) in [5.74, 6) is 6.18. The first-order valence-electron chi connectivity index (χ1n) is 28.4. The van der Waals surface area contributed by atoms with Gasteiger partial charge in [-0.3, -0.25) is 14.4 Å². The smallest absolute Gasteiger partial charge is 0.311 e. The average molecular weight is 1020 g/mol. The highest BCUT2D eigenvalue weighted by atomic mass is 33.1. The fourth-order valence-electron chi connectivity index (χ4n) is 10.8. The Morgan fingerprint density at radius 1 is 0.648 bits per heavy atom. The molecule has 402 valence electrons. The van der Waals surface area contributed by atoms with Crippen LogP contribution in [0.3, 0.4) is 0 Å². The number of piperidine rings is 2. The summed E-state index contributed by atoms with van der Waals surface area (Å²) in [5.41, 5.74) is 6.68. The lowest BCUT2D eigenvalue weighted by molar-refractivity contribution is -0.143. The van der Waals surface area contributed by atoms with Crippen LogP contribution in [0.2, 0.25) is 0 Å². The van der Waals surface area contributed by atoms with E-state index >= 15 is 0 Å². The van der Waals surface area contributed by atoms with E-state index in [0.29, 0.717) is 24.0 Å². The molecule has 2 aromatic carbocycles. The molecule has 0 aromatic heterocycles. The molecule has 0 spiro atoms. The molecule has 2 unspecified atom stereocenters. The molecule has 10 heteroatoms. The van der Waals surface area contributed by atoms with Crippen LogP contribution in [-0.2, 0) is 32.0 Å². The largest absolute Gasteiger partial charge is 0.465 e. The molecule has 2 aliphatic rings. The van der Waals surface area contributed by atoms with E-state index in [2.05, 4.69) is 79.0 Å². The Hall–Kier alpha value is -2.53. The number of likely N-dealkylation sites (tertiary alicyclic amines) is 2. The first-order chi connectivity index (χ1) is 33.9. The van der Waals surface area contributed by atoms with E-state index in [1.807, 2.05) is 28.5 Å². The Bertz CT molecular complexity index is 1870. The van der Waals surface area contributed by atoms with Gasteiger partial charge in [0.25, 0.3) is 0 Å². The number of carbonyl (C=O) groups is 3. The third-order valence-corrected chi connectivity index (χ3v) is 18.6. The highest BCUT2D eigenvalue weighted by Crippen LogP contribution is 2.37. The molecule has 2 aliphatic heterocycles. The monoisotopic (exact) mass is 1020 g/mol. The highest BCUT2D eigenvalue weighted by Gasteiger charge is 2.24.